The molecule has 3 nitrogen and oxygen atoms in total. The lowest BCUT2D eigenvalue weighted by atomic mass is 10.1. The van der Waals surface area contributed by atoms with Crippen molar-refractivity contribution in [2.75, 3.05) is 0 Å². The van der Waals surface area contributed by atoms with Gasteiger partial charge in [-0.1, -0.05) is 0 Å². The summed E-state index contributed by atoms with van der Waals surface area (Å²) in [5.41, 5.74) is 0.235. The summed E-state index contributed by atoms with van der Waals surface area (Å²) in [6, 6.07) is 4.45. The molecule has 0 spiro atoms. The first-order valence-electron chi connectivity index (χ1n) is 5.42. The summed E-state index contributed by atoms with van der Waals surface area (Å²) in [5, 5.41) is 2.62. The molecular formula is C13H12F3NO2. The maximum atomic E-state index is 11.9. The fraction of sp³-hybridized carbons (Fsp3) is 0.308. The van der Waals surface area contributed by atoms with Crippen LogP contribution in [0.3, 0.4) is 0 Å². The van der Waals surface area contributed by atoms with Crippen molar-refractivity contribution in [1.82, 2.24) is 5.32 Å². The van der Waals surface area contributed by atoms with Gasteiger partial charge in [0.15, 0.2) is 0 Å². The Morgan fingerprint density at radius 2 is 2.00 bits per heavy atom. The molecular weight excluding hydrogens is 259 g/mol. The average molecular weight is 271 g/mol. The molecule has 0 heterocycles. The standard InChI is InChI=1S/C13H12F3NO2/c1-3-4-9(2)17-12(18)10-5-7-11(8-6-10)19-13(14,15)16/h1,5-9H,4H2,2H3,(H,17,18). The third kappa shape index (κ3) is 5.34. The number of alkyl halides is 3. The van der Waals surface area contributed by atoms with Gasteiger partial charge in [-0.25, -0.2) is 0 Å². The summed E-state index contributed by atoms with van der Waals surface area (Å²) >= 11 is 0. The minimum atomic E-state index is -4.74. The van der Waals surface area contributed by atoms with Gasteiger partial charge in [0.1, 0.15) is 5.75 Å². The maximum Gasteiger partial charge on any atom is 0.573 e. The Morgan fingerprint density at radius 3 is 2.47 bits per heavy atom. The van der Waals surface area contributed by atoms with E-state index in [4.69, 9.17) is 6.42 Å². The molecule has 0 saturated carbocycles. The number of rotatable bonds is 4. The molecule has 1 aromatic carbocycles. The second kappa shape index (κ2) is 6.14. The van der Waals surface area contributed by atoms with E-state index < -0.39 is 12.3 Å². The van der Waals surface area contributed by atoms with E-state index in [0.717, 1.165) is 12.1 Å². The van der Waals surface area contributed by atoms with Crippen LogP contribution in [0.25, 0.3) is 0 Å². The first kappa shape index (κ1) is 14.9. The summed E-state index contributed by atoms with van der Waals surface area (Å²) in [7, 11) is 0. The van der Waals surface area contributed by atoms with Crippen molar-refractivity contribution in [3.63, 3.8) is 0 Å². The molecule has 0 aromatic heterocycles. The second-order valence-corrected chi connectivity index (χ2v) is 3.85. The topological polar surface area (TPSA) is 38.3 Å². The summed E-state index contributed by atoms with van der Waals surface area (Å²) in [4.78, 5) is 11.7. The smallest absolute Gasteiger partial charge is 0.406 e. The molecule has 1 rings (SSSR count). The molecule has 1 atom stereocenters. The molecule has 0 aliphatic carbocycles. The van der Waals surface area contributed by atoms with Crippen LogP contribution < -0.4 is 10.1 Å². The largest absolute Gasteiger partial charge is 0.573 e. The highest BCUT2D eigenvalue weighted by molar-refractivity contribution is 5.94. The van der Waals surface area contributed by atoms with Crippen molar-refractivity contribution in [1.29, 1.82) is 0 Å². The minimum absolute atomic E-state index is 0.205. The van der Waals surface area contributed by atoms with E-state index in [-0.39, 0.29) is 17.4 Å². The Kier molecular flexibility index (Phi) is 4.81. The Bertz CT molecular complexity index is 474. The number of halogens is 3. The van der Waals surface area contributed by atoms with Crippen molar-refractivity contribution >= 4 is 5.91 Å². The van der Waals surface area contributed by atoms with E-state index in [2.05, 4.69) is 16.0 Å². The van der Waals surface area contributed by atoms with Gasteiger partial charge in [0, 0.05) is 18.0 Å². The van der Waals surface area contributed by atoms with Crippen LogP contribution in [0.5, 0.6) is 5.75 Å². The van der Waals surface area contributed by atoms with E-state index in [1.807, 2.05) is 0 Å². The molecule has 1 amide bonds. The first-order chi connectivity index (χ1) is 8.81. The van der Waals surface area contributed by atoms with E-state index >= 15 is 0 Å². The number of carbonyl (C=O) groups excluding carboxylic acids is 1. The van der Waals surface area contributed by atoms with Crippen LogP contribution in [0.2, 0.25) is 0 Å². The third-order valence-corrected chi connectivity index (χ3v) is 2.15. The number of amides is 1. The van der Waals surface area contributed by atoms with Gasteiger partial charge < -0.3 is 10.1 Å². The highest BCUT2D eigenvalue weighted by Crippen LogP contribution is 2.22. The van der Waals surface area contributed by atoms with Crippen LogP contribution in [0.4, 0.5) is 13.2 Å². The summed E-state index contributed by atoms with van der Waals surface area (Å²) in [6.45, 7) is 1.74. The van der Waals surface area contributed by atoms with E-state index in [9.17, 15) is 18.0 Å². The number of nitrogens with one attached hydrogen (secondary N) is 1. The van der Waals surface area contributed by atoms with Crippen molar-refractivity contribution in [2.45, 2.75) is 25.7 Å². The van der Waals surface area contributed by atoms with Crippen LogP contribution in [-0.4, -0.2) is 18.3 Å². The number of carbonyl (C=O) groups is 1. The van der Waals surface area contributed by atoms with Crippen LogP contribution in [0, 0.1) is 12.3 Å². The zero-order valence-corrected chi connectivity index (χ0v) is 10.1. The number of terminal acetylenes is 1. The average Bonchev–Trinajstić information content (AvgIpc) is 2.27. The third-order valence-electron chi connectivity index (χ3n) is 2.15. The summed E-state index contributed by atoms with van der Waals surface area (Å²) in [5.74, 6) is 1.62. The Morgan fingerprint density at radius 1 is 1.42 bits per heavy atom. The monoisotopic (exact) mass is 271 g/mol. The molecule has 1 aromatic rings. The molecule has 0 aliphatic heterocycles. The number of ether oxygens (including phenoxy) is 1. The lowest BCUT2D eigenvalue weighted by molar-refractivity contribution is -0.274. The van der Waals surface area contributed by atoms with Gasteiger partial charge >= 0.3 is 6.36 Å². The van der Waals surface area contributed by atoms with Gasteiger partial charge in [-0.2, -0.15) is 0 Å². The minimum Gasteiger partial charge on any atom is -0.406 e. The van der Waals surface area contributed by atoms with Crippen LogP contribution in [-0.2, 0) is 0 Å². The van der Waals surface area contributed by atoms with Crippen LogP contribution in [0.15, 0.2) is 24.3 Å². The fourth-order valence-electron chi connectivity index (χ4n) is 1.34. The zero-order chi connectivity index (χ0) is 14.5. The second-order valence-electron chi connectivity index (χ2n) is 3.85. The van der Waals surface area contributed by atoms with Gasteiger partial charge in [0.2, 0.25) is 0 Å². The molecule has 19 heavy (non-hydrogen) atoms. The van der Waals surface area contributed by atoms with E-state index in [1.54, 1.807) is 6.92 Å². The van der Waals surface area contributed by atoms with Gasteiger partial charge in [-0.05, 0) is 31.2 Å². The normalized spacial score (nSPS) is 12.4. The van der Waals surface area contributed by atoms with Crippen LogP contribution in [0.1, 0.15) is 23.7 Å². The first-order valence-corrected chi connectivity index (χ1v) is 5.42. The summed E-state index contributed by atoms with van der Waals surface area (Å²) in [6.07, 6.45) is 0.729. The molecule has 1 unspecified atom stereocenters. The predicted octanol–water partition coefficient (Wildman–Crippen LogP) is 2.73. The molecule has 0 fully saturated rings. The maximum absolute atomic E-state index is 11.9. The number of hydrogen-bond acceptors (Lipinski definition) is 2. The van der Waals surface area contributed by atoms with Crippen molar-refractivity contribution in [3.05, 3.63) is 29.8 Å². The van der Waals surface area contributed by atoms with Gasteiger partial charge in [0.25, 0.3) is 5.91 Å². The molecule has 0 radical (unpaired) electrons. The quantitative estimate of drug-likeness (QED) is 0.855. The van der Waals surface area contributed by atoms with Crippen molar-refractivity contribution < 1.29 is 22.7 Å². The highest BCUT2D eigenvalue weighted by atomic mass is 19.4. The van der Waals surface area contributed by atoms with Gasteiger partial charge in [0.05, 0.1) is 0 Å². The Balaban J connectivity index is 2.66. The SMILES string of the molecule is C#CCC(C)NC(=O)c1ccc(OC(F)(F)F)cc1. The van der Waals surface area contributed by atoms with Crippen molar-refractivity contribution in [3.8, 4) is 18.1 Å². The lowest BCUT2D eigenvalue weighted by Crippen LogP contribution is -2.32. The number of benzene rings is 1. The van der Waals surface area contributed by atoms with Crippen LogP contribution >= 0.6 is 0 Å². The molecule has 0 aliphatic rings. The van der Waals surface area contributed by atoms with E-state index in [0.29, 0.717) is 6.42 Å². The van der Waals surface area contributed by atoms with Gasteiger partial charge in [-0.3, -0.25) is 4.79 Å². The molecule has 6 heteroatoms. The van der Waals surface area contributed by atoms with Crippen molar-refractivity contribution in [2.24, 2.45) is 0 Å². The Labute approximate surface area is 108 Å². The molecule has 102 valence electrons. The summed E-state index contributed by atoms with van der Waals surface area (Å²) < 4.78 is 39.5. The van der Waals surface area contributed by atoms with E-state index in [1.165, 1.54) is 12.1 Å². The molecule has 0 saturated heterocycles. The highest BCUT2D eigenvalue weighted by Gasteiger charge is 2.31. The molecule has 1 N–H and O–H groups in total. The zero-order valence-electron chi connectivity index (χ0n) is 10.1. The fourth-order valence-corrected chi connectivity index (χ4v) is 1.34. The number of hydrogen-bond donors (Lipinski definition) is 1. The Hall–Kier alpha value is -2.16. The van der Waals surface area contributed by atoms with Gasteiger partial charge in [-0.15, -0.1) is 25.5 Å². The predicted molar refractivity (Wildman–Crippen MR) is 63.5 cm³/mol. The lowest BCUT2D eigenvalue weighted by Gasteiger charge is -2.12. The molecule has 0 bridgehead atoms.